The Kier molecular flexibility index (Phi) is 5.55. The molecular formula is C11H18F3N3S. The number of aryl methyl sites for hydroxylation is 2. The van der Waals surface area contributed by atoms with Crippen molar-refractivity contribution in [3.63, 3.8) is 0 Å². The quantitative estimate of drug-likeness (QED) is 0.787. The highest BCUT2D eigenvalue weighted by atomic mass is 32.1. The van der Waals surface area contributed by atoms with Gasteiger partial charge in [-0.1, -0.05) is 0 Å². The van der Waals surface area contributed by atoms with Crippen molar-refractivity contribution >= 4 is 11.3 Å². The Balaban J connectivity index is 2.26. The van der Waals surface area contributed by atoms with E-state index in [1.165, 1.54) is 0 Å². The predicted molar refractivity (Wildman–Crippen MR) is 66.9 cm³/mol. The van der Waals surface area contributed by atoms with Gasteiger partial charge in [-0.15, -0.1) is 11.3 Å². The summed E-state index contributed by atoms with van der Waals surface area (Å²) in [6.07, 6.45) is -4.14. The van der Waals surface area contributed by atoms with E-state index < -0.39 is 12.7 Å². The number of nitrogens with one attached hydrogen (secondary N) is 2. The third-order valence-electron chi connectivity index (χ3n) is 2.41. The molecule has 3 nitrogen and oxygen atoms in total. The lowest BCUT2D eigenvalue weighted by molar-refractivity contribution is -0.124. The van der Waals surface area contributed by atoms with Crippen LogP contribution in [0.25, 0.3) is 0 Å². The Morgan fingerprint density at radius 3 is 2.44 bits per heavy atom. The van der Waals surface area contributed by atoms with Crippen LogP contribution in [0.3, 0.4) is 0 Å². The summed E-state index contributed by atoms with van der Waals surface area (Å²) in [5.41, 5.74) is 0.987. The zero-order valence-electron chi connectivity index (χ0n) is 10.7. The van der Waals surface area contributed by atoms with Gasteiger partial charge in [-0.3, -0.25) is 0 Å². The second-order valence-electron chi connectivity index (χ2n) is 4.15. The largest absolute Gasteiger partial charge is 0.401 e. The molecule has 1 atom stereocenters. The third kappa shape index (κ3) is 5.32. The molecule has 0 saturated carbocycles. The van der Waals surface area contributed by atoms with Crippen LogP contribution >= 0.6 is 11.3 Å². The standard InChI is InChI=1S/C11H18F3N3S/c1-7(10-8(2)17-9(3)18-10)16-5-4-15-6-11(12,13)14/h7,15-16H,4-6H2,1-3H3. The lowest BCUT2D eigenvalue weighted by Gasteiger charge is -2.13. The molecule has 1 unspecified atom stereocenters. The van der Waals surface area contributed by atoms with E-state index in [1.807, 2.05) is 20.8 Å². The maximum absolute atomic E-state index is 11.9. The lowest BCUT2D eigenvalue weighted by Crippen LogP contribution is -2.34. The summed E-state index contributed by atoms with van der Waals surface area (Å²) in [7, 11) is 0. The van der Waals surface area contributed by atoms with Crippen LogP contribution in [0.1, 0.15) is 28.5 Å². The molecule has 18 heavy (non-hydrogen) atoms. The van der Waals surface area contributed by atoms with Gasteiger partial charge in [-0.05, 0) is 20.8 Å². The fourth-order valence-corrected chi connectivity index (χ4v) is 2.60. The molecule has 2 N–H and O–H groups in total. The highest BCUT2D eigenvalue weighted by molar-refractivity contribution is 7.11. The van der Waals surface area contributed by atoms with Gasteiger partial charge in [0, 0.05) is 24.0 Å². The molecule has 0 aliphatic carbocycles. The van der Waals surface area contributed by atoms with Gasteiger partial charge in [0.05, 0.1) is 17.2 Å². The van der Waals surface area contributed by atoms with Crippen molar-refractivity contribution in [2.45, 2.75) is 33.0 Å². The summed E-state index contributed by atoms with van der Waals surface area (Å²) < 4.78 is 35.6. The van der Waals surface area contributed by atoms with E-state index in [4.69, 9.17) is 0 Å². The maximum atomic E-state index is 11.9. The van der Waals surface area contributed by atoms with E-state index >= 15 is 0 Å². The summed E-state index contributed by atoms with van der Waals surface area (Å²) in [4.78, 5) is 5.46. The smallest absolute Gasteiger partial charge is 0.308 e. The molecule has 0 fully saturated rings. The SMILES string of the molecule is Cc1nc(C)c(C(C)NCCNCC(F)(F)F)s1. The first-order valence-corrected chi connectivity index (χ1v) is 6.56. The van der Waals surface area contributed by atoms with Crippen molar-refractivity contribution in [2.75, 3.05) is 19.6 Å². The summed E-state index contributed by atoms with van der Waals surface area (Å²) in [6.45, 7) is 5.72. The normalized spacial score (nSPS) is 13.9. The maximum Gasteiger partial charge on any atom is 0.401 e. The fraction of sp³-hybridized carbons (Fsp3) is 0.727. The average Bonchev–Trinajstić information content (AvgIpc) is 2.55. The molecule has 1 rings (SSSR count). The van der Waals surface area contributed by atoms with Crippen LogP contribution in [0.15, 0.2) is 0 Å². The molecule has 0 bridgehead atoms. The third-order valence-corrected chi connectivity index (χ3v) is 3.67. The molecule has 0 saturated heterocycles. The molecule has 0 aliphatic rings. The Bertz CT molecular complexity index is 376. The van der Waals surface area contributed by atoms with Gasteiger partial charge in [0.2, 0.25) is 0 Å². The number of halogens is 3. The highest BCUT2D eigenvalue weighted by Crippen LogP contribution is 2.23. The molecule has 1 aromatic heterocycles. The van der Waals surface area contributed by atoms with Crippen molar-refractivity contribution in [1.29, 1.82) is 0 Å². The van der Waals surface area contributed by atoms with Crippen LogP contribution in [-0.4, -0.2) is 30.8 Å². The van der Waals surface area contributed by atoms with Crippen LogP contribution in [0, 0.1) is 13.8 Å². The zero-order valence-corrected chi connectivity index (χ0v) is 11.5. The summed E-state index contributed by atoms with van der Waals surface area (Å²) in [5.74, 6) is 0. The second-order valence-corrected chi connectivity index (χ2v) is 5.39. The Morgan fingerprint density at radius 2 is 1.94 bits per heavy atom. The number of aromatic nitrogens is 1. The molecule has 0 spiro atoms. The van der Waals surface area contributed by atoms with Gasteiger partial charge in [0.25, 0.3) is 0 Å². The van der Waals surface area contributed by atoms with Gasteiger partial charge >= 0.3 is 6.18 Å². The minimum absolute atomic E-state index is 0.115. The monoisotopic (exact) mass is 281 g/mol. The number of nitrogens with zero attached hydrogens (tertiary/aromatic N) is 1. The van der Waals surface area contributed by atoms with Gasteiger partial charge in [0.15, 0.2) is 0 Å². The van der Waals surface area contributed by atoms with E-state index in [9.17, 15) is 13.2 Å². The van der Waals surface area contributed by atoms with Crippen molar-refractivity contribution in [3.8, 4) is 0 Å². The van der Waals surface area contributed by atoms with Crippen LogP contribution in [0.4, 0.5) is 13.2 Å². The summed E-state index contributed by atoms with van der Waals surface area (Å²) >= 11 is 1.62. The number of rotatable bonds is 6. The number of alkyl halides is 3. The average molecular weight is 281 g/mol. The van der Waals surface area contributed by atoms with Crippen molar-refractivity contribution in [1.82, 2.24) is 15.6 Å². The molecule has 0 radical (unpaired) electrons. The topological polar surface area (TPSA) is 37.0 Å². The van der Waals surface area contributed by atoms with Gasteiger partial charge in [-0.2, -0.15) is 13.2 Å². The first-order chi connectivity index (χ1) is 8.29. The van der Waals surface area contributed by atoms with Gasteiger partial charge < -0.3 is 10.6 Å². The molecule has 1 heterocycles. The lowest BCUT2D eigenvalue weighted by atomic mass is 10.2. The molecule has 0 aliphatic heterocycles. The van der Waals surface area contributed by atoms with E-state index in [2.05, 4.69) is 15.6 Å². The van der Waals surface area contributed by atoms with Gasteiger partial charge in [-0.25, -0.2) is 4.98 Å². The molecule has 104 valence electrons. The first-order valence-electron chi connectivity index (χ1n) is 5.74. The second kappa shape index (κ2) is 6.49. The molecular weight excluding hydrogens is 263 g/mol. The first kappa shape index (κ1) is 15.4. The Morgan fingerprint density at radius 1 is 1.28 bits per heavy atom. The zero-order chi connectivity index (χ0) is 13.8. The molecule has 0 aromatic carbocycles. The van der Waals surface area contributed by atoms with E-state index in [1.54, 1.807) is 11.3 Å². The summed E-state index contributed by atoms with van der Waals surface area (Å²) in [5, 5.41) is 6.54. The number of hydrogen-bond acceptors (Lipinski definition) is 4. The number of thiazole rings is 1. The molecule has 7 heteroatoms. The van der Waals surface area contributed by atoms with E-state index in [-0.39, 0.29) is 6.04 Å². The summed E-state index contributed by atoms with van der Waals surface area (Å²) in [6, 6.07) is 0.115. The highest BCUT2D eigenvalue weighted by Gasteiger charge is 2.25. The van der Waals surface area contributed by atoms with Crippen molar-refractivity contribution < 1.29 is 13.2 Å². The van der Waals surface area contributed by atoms with E-state index in [0.717, 1.165) is 15.6 Å². The van der Waals surface area contributed by atoms with Gasteiger partial charge in [0.1, 0.15) is 0 Å². The Labute approximate surface area is 109 Å². The van der Waals surface area contributed by atoms with Crippen LogP contribution in [-0.2, 0) is 0 Å². The Hall–Kier alpha value is -0.660. The van der Waals surface area contributed by atoms with Crippen LogP contribution < -0.4 is 10.6 Å². The predicted octanol–water partition coefficient (Wildman–Crippen LogP) is 2.56. The van der Waals surface area contributed by atoms with Crippen LogP contribution in [0.2, 0.25) is 0 Å². The minimum Gasteiger partial charge on any atom is -0.308 e. The molecule has 0 amide bonds. The van der Waals surface area contributed by atoms with Crippen LogP contribution in [0.5, 0.6) is 0 Å². The van der Waals surface area contributed by atoms with E-state index in [0.29, 0.717) is 13.1 Å². The number of hydrogen-bond donors (Lipinski definition) is 2. The minimum atomic E-state index is -4.14. The van der Waals surface area contributed by atoms with Crippen molar-refractivity contribution in [3.05, 3.63) is 15.6 Å². The fourth-order valence-electron chi connectivity index (χ4n) is 1.65. The van der Waals surface area contributed by atoms with Crippen molar-refractivity contribution in [2.24, 2.45) is 0 Å². The molecule has 1 aromatic rings.